The molecule has 0 amide bonds. The smallest absolute Gasteiger partial charge is 0.193 e. The predicted octanol–water partition coefficient (Wildman–Crippen LogP) is 5.77. The number of ether oxygens (including phenoxy) is 2. The summed E-state index contributed by atoms with van der Waals surface area (Å²) in [5.41, 5.74) is 3.50. The van der Waals surface area contributed by atoms with Gasteiger partial charge < -0.3 is 9.47 Å². The standard InChI is InChI=1S/C26H25N3O2S2/c1-3-4-12-30-23-16-20(24-8-7-19(2)33-24)15-21-17-28(11-13-31-25(21)23)18-22-6-5-10-29(22)26-27-9-14-32-26/h1,5-10,14-16H,4,11-13,17-18H2,2H3. The molecule has 0 saturated heterocycles. The van der Waals surface area contributed by atoms with Crippen molar-refractivity contribution in [3.63, 3.8) is 0 Å². The summed E-state index contributed by atoms with van der Waals surface area (Å²) in [6.07, 6.45) is 9.92. The van der Waals surface area contributed by atoms with Crippen LogP contribution in [0.25, 0.3) is 15.6 Å². The van der Waals surface area contributed by atoms with Crippen LogP contribution < -0.4 is 9.47 Å². The summed E-state index contributed by atoms with van der Waals surface area (Å²) in [5.74, 6) is 4.26. The monoisotopic (exact) mass is 475 g/mol. The van der Waals surface area contributed by atoms with Crippen molar-refractivity contribution in [2.24, 2.45) is 0 Å². The number of aryl methyl sites for hydroxylation is 1. The topological polar surface area (TPSA) is 39.5 Å². The first kappa shape index (κ1) is 21.8. The molecule has 0 fully saturated rings. The minimum absolute atomic E-state index is 0.476. The van der Waals surface area contributed by atoms with E-state index in [0.717, 1.165) is 47.4 Å². The van der Waals surface area contributed by atoms with Gasteiger partial charge in [0, 0.05) is 64.8 Å². The molecule has 3 aromatic heterocycles. The van der Waals surface area contributed by atoms with Crippen molar-refractivity contribution in [1.82, 2.24) is 14.5 Å². The van der Waals surface area contributed by atoms with E-state index in [1.807, 2.05) is 11.6 Å². The molecule has 7 heteroatoms. The summed E-state index contributed by atoms with van der Waals surface area (Å²) in [6.45, 7) is 5.63. The second kappa shape index (κ2) is 9.84. The van der Waals surface area contributed by atoms with Gasteiger partial charge in [0.1, 0.15) is 6.61 Å². The molecule has 33 heavy (non-hydrogen) atoms. The molecule has 1 aromatic carbocycles. The molecule has 0 unspecified atom stereocenters. The number of rotatable bonds is 7. The van der Waals surface area contributed by atoms with Gasteiger partial charge >= 0.3 is 0 Å². The first-order valence-electron chi connectivity index (χ1n) is 10.9. The highest BCUT2D eigenvalue weighted by molar-refractivity contribution is 7.15. The number of terminal acetylenes is 1. The zero-order valence-corrected chi connectivity index (χ0v) is 20.1. The number of aromatic nitrogens is 2. The second-order valence-corrected chi connectivity index (χ2v) is 10.1. The zero-order chi connectivity index (χ0) is 22.6. The van der Waals surface area contributed by atoms with Crippen LogP contribution in [0.5, 0.6) is 11.5 Å². The Balaban J connectivity index is 1.45. The third kappa shape index (κ3) is 4.83. The Bertz CT molecular complexity index is 1270. The Labute approximate surface area is 202 Å². The fourth-order valence-corrected chi connectivity index (χ4v) is 5.54. The van der Waals surface area contributed by atoms with E-state index in [1.54, 1.807) is 22.7 Å². The Morgan fingerprint density at radius 3 is 3.00 bits per heavy atom. The highest BCUT2D eigenvalue weighted by Crippen LogP contribution is 2.40. The normalized spacial score (nSPS) is 13.7. The lowest BCUT2D eigenvalue weighted by Crippen LogP contribution is -2.26. The average Bonchev–Trinajstić information content (AvgIpc) is 3.55. The molecule has 0 spiro atoms. The molecule has 0 N–H and O–H groups in total. The minimum atomic E-state index is 0.476. The van der Waals surface area contributed by atoms with Gasteiger partial charge in [0.2, 0.25) is 0 Å². The van der Waals surface area contributed by atoms with Crippen LogP contribution in [0, 0.1) is 19.3 Å². The summed E-state index contributed by atoms with van der Waals surface area (Å²) < 4.78 is 14.5. The molecule has 0 atom stereocenters. The third-order valence-corrected chi connectivity index (χ3v) is 7.37. The summed E-state index contributed by atoms with van der Waals surface area (Å²) >= 11 is 3.43. The van der Waals surface area contributed by atoms with E-state index < -0.39 is 0 Å². The SMILES string of the molecule is C#CCCOc1cc(-c2ccc(C)s2)cc2c1OCCN(Cc1cccn1-c1nccs1)C2. The maximum atomic E-state index is 6.23. The lowest BCUT2D eigenvalue weighted by molar-refractivity contribution is 0.212. The van der Waals surface area contributed by atoms with Crippen molar-refractivity contribution >= 4 is 22.7 Å². The summed E-state index contributed by atoms with van der Waals surface area (Å²) in [7, 11) is 0. The van der Waals surface area contributed by atoms with E-state index in [2.05, 4.69) is 69.9 Å². The van der Waals surface area contributed by atoms with Crippen molar-refractivity contribution in [3.8, 4) is 39.4 Å². The molecule has 4 aromatic rings. The second-order valence-electron chi connectivity index (χ2n) is 7.92. The molecule has 0 aliphatic carbocycles. The van der Waals surface area contributed by atoms with E-state index in [9.17, 15) is 0 Å². The molecule has 0 saturated carbocycles. The Kier molecular flexibility index (Phi) is 6.49. The van der Waals surface area contributed by atoms with Crippen LogP contribution in [0.1, 0.15) is 22.6 Å². The lowest BCUT2D eigenvalue weighted by Gasteiger charge is -2.20. The fraction of sp³-hybridized carbons (Fsp3) is 0.269. The van der Waals surface area contributed by atoms with Crippen LogP contribution in [0.15, 0.2) is 54.2 Å². The van der Waals surface area contributed by atoms with Gasteiger partial charge in [0.15, 0.2) is 16.6 Å². The highest BCUT2D eigenvalue weighted by Gasteiger charge is 2.22. The quantitative estimate of drug-likeness (QED) is 0.251. The van der Waals surface area contributed by atoms with Crippen molar-refractivity contribution in [1.29, 1.82) is 0 Å². The minimum Gasteiger partial charge on any atom is -0.489 e. The number of thiophene rings is 1. The van der Waals surface area contributed by atoms with E-state index in [1.165, 1.54) is 15.4 Å². The van der Waals surface area contributed by atoms with Crippen LogP contribution in [0.2, 0.25) is 0 Å². The molecular weight excluding hydrogens is 450 g/mol. The maximum Gasteiger partial charge on any atom is 0.193 e. The molecule has 5 rings (SSSR count). The van der Waals surface area contributed by atoms with Gasteiger partial charge in [-0.1, -0.05) is 0 Å². The number of hydrogen-bond donors (Lipinski definition) is 0. The number of fused-ring (bicyclic) bond motifs is 1. The summed E-state index contributed by atoms with van der Waals surface area (Å²) in [5, 5.41) is 2.99. The van der Waals surface area contributed by atoms with Crippen molar-refractivity contribution in [2.45, 2.75) is 26.4 Å². The number of nitrogens with zero attached hydrogens (tertiary/aromatic N) is 3. The molecule has 1 aliphatic heterocycles. The van der Waals surface area contributed by atoms with Gasteiger partial charge in [-0.25, -0.2) is 4.98 Å². The van der Waals surface area contributed by atoms with Crippen LogP contribution >= 0.6 is 22.7 Å². The first-order chi connectivity index (χ1) is 16.2. The van der Waals surface area contributed by atoms with E-state index in [-0.39, 0.29) is 0 Å². The molecule has 0 radical (unpaired) electrons. The van der Waals surface area contributed by atoms with Gasteiger partial charge in [-0.2, -0.15) is 0 Å². The summed E-state index contributed by atoms with van der Waals surface area (Å²) in [4.78, 5) is 9.40. The Morgan fingerprint density at radius 2 is 2.21 bits per heavy atom. The Morgan fingerprint density at radius 1 is 1.27 bits per heavy atom. The van der Waals surface area contributed by atoms with Crippen molar-refractivity contribution in [3.05, 3.63) is 70.3 Å². The lowest BCUT2D eigenvalue weighted by atomic mass is 10.1. The van der Waals surface area contributed by atoms with Crippen LogP contribution in [0.3, 0.4) is 0 Å². The van der Waals surface area contributed by atoms with Gasteiger partial charge in [0.25, 0.3) is 0 Å². The van der Waals surface area contributed by atoms with E-state index >= 15 is 0 Å². The van der Waals surface area contributed by atoms with E-state index in [0.29, 0.717) is 19.6 Å². The third-order valence-electron chi connectivity index (χ3n) is 5.55. The van der Waals surface area contributed by atoms with Gasteiger partial charge in [-0.05, 0) is 48.9 Å². The Hall–Kier alpha value is -3.05. The van der Waals surface area contributed by atoms with Crippen molar-refractivity contribution in [2.75, 3.05) is 19.8 Å². The fourth-order valence-electron chi connectivity index (χ4n) is 4.03. The van der Waals surface area contributed by atoms with E-state index in [4.69, 9.17) is 15.9 Å². The molecule has 0 bridgehead atoms. The summed E-state index contributed by atoms with van der Waals surface area (Å²) in [6, 6.07) is 12.9. The molecule has 168 valence electrons. The molecule has 1 aliphatic rings. The van der Waals surface area contributed by atoms with Crippen LogP contribution in [-0.4, -0.2) is 34.2 Å². The molecule has 4 heterocycles. The largest absolute Gasteiger partial charge is 0.489 e. The number of thiazole rings is 1. The van der Waals surface area contributed by atoms with Crippen LogP contribution in [-0.2, 0) is 13.1 Å². The highest BCUT2D eigenvalue weighted by atomic mass is 32.1. The first-order valence-corrected chi connectivity index (χ1v) is 12.6. The predicted molar refractivity (Wildman–Crippen MR) is 134 cm³/mol. The maximum absolute atomic E-state index is 6.23. The number of benzene rings is 1. The number of hydrogen-bond acceptors (Lipinski definition) is 6. The molecular formula is C26H25N3O2S2. The van der Waals surface area contributed by atoms with Crippen molar-refractivity contribution < 1.29 is 9.47 Å². The average molecular weight is 476 g/mol. The van der Waals surface area contributed by atoms with Crippen LogP contribution in [0.4, 0.5) is 0 Å². The molecule has 5 nitrogen and oxygen atoms in total. The zero-order valence-electron chi connectivity index (χ0n) is 18.5. The van der Waals surface area contributed by atoms with Gasteiger partial charge in [-0.15, -0.1) is 35.0 Å². The van der Waals surface area contributed by atoms with Gasteiger partial charge in [0.05, 0.1) is 6.61 Å². The van der Waals surface area contributed by atoms with Gasteiger partial charge in [-0.3, -0.25) is 9.47 Å².